The molecule has 2 fully saturated rings. The number of aromatic nitrogens is 1. The summed E-state index contributed by atoms with van der Waals surface area (Å²) in [7, 11) is 1.92. The van der Waals surface area contributed by atoms with Crippen molar-refractivity contribution in [2.45, 2.75) is 31.7 Å². The molecule has 0 bridgehead atoms. The number of nitriles is 1. The minimum absolute atomic E-state index is 0.249. The summed E-state index contributed by atoms with van der Waals surface area (Å²) in [5.41, 5.74) is 0.442. The fourth-order valence-corrected chi connectivity index (χ4v) is 2.94. The standard InChI is InChI=1S/C16H20N4O/c1-19(16(21)12-7-8-12)14-5-3-9-20(11-14)15-6-2-4-13(10-17)18-15/h2,4,6,12,14H,3,5,7-9,11H2,1H3. The highest BCUT2D eigenvalue weighted by Crippen LogP contribution is 2.32. The van der Waals surface area contributed by atoms with Gasteiger partial charge in [-0.2, -0.15) is 5.26 Å². The molecule has 1 aliphatic carbocycles. The smallest absolute Gasteiger partial charge is 0.225 e. The summed E-state index contributed by atoms with van der Waals surface area (Å²) in [4.78, 5) is 20.7. The van der Waals surface area contributed by atoms with Gasteiger partial charge < -0.3 is 9.80 Å². The van der Waals surface area contributed by atoms with Gasteiger partial charge in [0, 0.05) is 32.1 Å². The van der Waals surface area contributed by atoms with Gasteiger partial charge in [0.25, 0.3) is 0 Å². The highest BCUT2D eigenvalue weighted by atomic mass is 16.2. The molecule has 1 saturated carbocycles. The normalized spacial score (nSPS) is 21.7. The molecule has 0 N–H and O–H groups in total. The van der Waals surface area contributed by atoms with Crippen LogP contribution in [0.25, 0.3) is 0 Å². The molecule has 1 atom stereocenters. The Labute approximate surface area is 125 Å². The predicted molar refractivity (Wildman–Crippen MR) is 79.7 cm³/mol. The van der Waals surface area contributed by atoms with Crippen LogP contribution in [0.5, 0.6) is 0 Å². The van der Waals surface area contributed by atoms with E-state index in [0.29, 0.717) is 11.6 Å². The maximum atomic E-state index is 12.2. The zero-order valence-electron chi connectivity index (χ0n) is 12.3. The van der Waals surface area contributed by atoms with Crippen molar-refractivity contribution in [3.8, 4) is 6.07 Å². The Morgan fingerprint density at radius 2 is 2.24 bits per heavy atom. The van der Waals surface area contributed by atoms with Gasteiger partial charge in [-0.1, -0.05) is 6.07 Å². The Bertz CT molecular complexity index is 576. The van der Waals surface area contributed by atoms with Crippen LogP contribution in [0.2, 0.25) is 0 Å². The van der Waals surface area contributed by atoms with E-state index in [2.05, 4.69) is 16.0 Å². The second kappa shape index (κ2) is 5.72. The summed E-state index contributed by atoms with van der Waals surface area (Å²) in [6, 6.07) is 7.85. The number of anilines is 1. The summed E-state index contributed by atoms with van der Waals surface area (Å²) >= 11 is 0. The molecule has 1 saturated heterocycles. The summed E-state index contributed by atoms with van der Waals surface area (Å²) in [6.07, 6.45) is 4.19. The topological polar surface area (TPSA) is 60.2 Å². The van der Waals surface area contributed by atoms with Crippen LogP contribution in [0.15, 0.2) is 18.2 Å². The summed E-state index contributed by atoms with van der Waals surface area (Å²) in [5.74, 6) is 1.40. The monoisotopic (exact) mass is 284 g/mol. The number of piperidine rings is 1. The van der Waals surface area contributed by atoms with Crippen LogP contribution in [0.3, 0.4) is 0 Å². The lowest BCUT2D eigenvalue weighted by Gasteiger charge is -2.38. The van der Waals surface area contributed by atoms with E-state index in [9.17, 15) is 4.79 Å². The van der Waals surface area contributed by atoms with Gasteiger partial charge in [-0.05, 0) is 37.8 Å². The molecule has 1 unspecified atom stereocenters. The fourth-order valence-electron chi connectivity index (χ4n) is 2.94. The number of carbonyl (C=O) groups excluding carboxylic acids is 1. The van der Waals surface area contributed by atoms with Crippen LogP contribution in [-0.4, -0.2) is 42.0 Å². The average molecular weight is 284 g/mol. The first-order valence-electron chi connectivity index (χ1n) is 7.58. The van der Waals surface area contributed by atoms with E-state index in [0.717, 1.165) is 44.6 Å². The van der Waals surface area contributed by atoms with Crippen molar-refractivity contribution in [1.29, 1.82) is 5.26 Å². The van der Waals surface area contributed by atoms with Gasteiger partial charge in [-0.25, -0.2) is 4.98 Å². The lowest BCUT2D eigenvalue weighted by Crippen LogP contribution is -2.49. The van der Waals surface area contributed by atoms with E-state index in [-0.39, 0.29) is 12.0 Å². The molecule has 0 spiro atoms. The summed E-state index contributed by atoms with van der Waals surface area (Å²) < 4.78 is 0. The van der Waals surface area contributed by atoms with Gasteiger partial charge in [0.15, 0.2) is 0 Å². The summed E-state index contributed by atoms with van der Waals surface area (Å²) in [6.45, 7) is 1.74. The molecular formula is C16H20N4O. The molecule has 21 heavy (non-hydrogen) atoms. The molecule has 1 aromatic heterocycles. The molecule has 2 heterocycles. The van der Waals surface area contributed by atoms with Crippen molar-refractivity contribution < 1.29 is 4.79 Å². The van der Waals surface area contributed by atoms with E-state index in [4.69, 9.17) is 5.26 Å². The molecule has 1 amide bonds. The van der Waals surface area contributed by atoms with E-state index in [1.807, 2.05) is 24.1 Å². The lowest BCUT2D eigenvalue weighted by molar-refractivity contribution is -0.133. The fraction of sp³-hybridized carbons (Fsp3) is 0.562. The van der Waals surface area contributed by atoms with Crippen LogP contribution >= 0.6 is 0 Å². The number of nitrogens with zero attached hydrogens (tertiary/aromatic N) is 4. The third-order valence-electron chi connectivity index (χ3n) is 4.39. The Morgan fingerprint density at radius 1 is 1.43 bits per heavy atom. The minimum Gasteiger partial charge on any atom is -0.355 e. The minimum atomic E-state index is 0.249. The SMILES string of the molecule is CN(C(=O)C1CC1)C1CCCN(c2cccc(C#N)n2)C1. The summed E-state index contributed by atoms with van der Waals surface area (Å²) in [5, 5.41) is 8.96. The average Bonchev–Trinajstić information content (AvgIpc) is 3.38. The third-order valence-corrected chi connectivity index (χ3v) is 4.39. The molecule has 110 valence electrons. The van der Waals surface area contributed by atoms with E-state index < -0.39 is 0 Å². The number of hydrogen-bond acceptors (Lipinski definition) is 4. The van der Waals surface area contributed by atoms with Gasteiger partial charge in [0.1, 0.15) is 17.6 Å². The number of hydrogen-bond donors (Lipinski definition) is 0. The Hall–Kier alpha value is -2.09. The van der Waals surface area contributed by atoms with E-state index in [1.54, 1.807) is 6.07 Å². The van der Waals surface area contributed by atoms with Crippen LogP contribution in [-0.2, 0) is 4.79 Å². The van der Waals surface area contributed by atoms with Crippen molar-refractivity contribution in [2.24, 2.45) is 5.92 Å². The number of amides is 1. The molecule has 0 radical (unpaired) electrons. The molecule has 1 aliphatic heterocycles. The lowest BCUT2D eigenvalue weighted by atomic mass is 10.0. The van der Waals surface area contributed by atoms with Crippen molar-refractivity contribution in [3.05, 3.63) is 23.9 Å². The van der Waals surface area contributed by atoms with E-state index in [1.165, 1.54) is 0 Å². The predicted octanol–water partition coefficient (Wildman–Crippen LogP) is 1.79. The third kappa shape index (κ3) is 2.99. The van der Waals surface area contributed by atoms with Crippen molar-refractivity contribution in [2.75, 3.05) is 25.0 Å². The van der Waals surface area contributed by atoms with Crippen LogP contribution < -0.4 is 4.90 Å². The molecule has 1 aromatic rings. The van der Waals surface area contributed by atoms with Crippen LogP contribution in [0.1, 0.15) is 31.4 Å². The first kappa shape index (κ1) is 13.9. The number of likely N-dealkylation sites (N-methyl/N-ethyl adjacent to an activating group) is 1. The van der Waals surface area contributed by atoms with Crippen molar-refractivity contribution in [3.63, 3.8) is 0 Å². The second-order valence-electron chi connectivity index (χ2n) is 5.96. The highest BCUT2D eigenvalue weighted by Gasteiger charge is 2.35. The van der Waals surface area contributed by atoms with Gasteiger partial charge >= 0.3 is 0 Å². The van der Waals surface area contributed by atoms with Gasteiger partial charge in [0.05, 0.1) is 0 Å². The number of rotatable bonds is 3. The molecule has 5 nitrogen and oxygen atoms in total. The largest absolute Gasteiger partial charge is 0.355 e. The van der Waals surface area contributed by atoms with Gasteiger partial charge in [-0.3, -0.25) is 4.79 Å². The first-order chi connectivity index (χ1) is 10.2. The molecule has 2 aliphatic rings. The molecular weight excluding hydrogens is 264 g/mol. The number of carbonyl (C=O) groups is 1. The highest BCUT2D eigenvalue weighted by molar-refractivity contribution is 5.81. The van der Waals surface area contributed by atoms with Crippen molar-refractivity contribution >= 4 is 11.7 Å². The molecule has 0 aromatic carbocycles. The van der Waals surface area contributed by atoms with Crippen LogP contribution in [0, 0.1) is 17.2 Å². The van der Waals surface area contributed by atoms with Crippen LogP contribution in [0.4, 0.5) is 5.82 Å². The maximum absolute atomic E-state index is 12.2. The van der Waals surface area contributed by atoms with Gasteiger partial charge in [0.2, 0.25) is 5.91 Å². The zero-order chi connectivity index (χ0) is 14.8. The van der Waals surface area contributed by atoms with Gasteiger partial charge in [-0.15, -0.1) is 0 Å². The Balaban J connectivity index is 1.70. The second-order valence-corrected chi connectivity index (χ2v) is 5.96. The zero-order valence-corrected chi connectivity index (χ0v) is 12.3. The molecule has 5 heteroatoms. The Kier molecular flexibility index (Phi) is 3.78. The Morgan fingerprint density at radius 3 is 2.95 bits per heavy atom. The number of pyridine rings is 1. The first-order valence-corrected chi connectivity index (χ1v) is 7.58. The molecule has 3 rings (SSSR count). The maximum Gasteiger partial charge on any atom is 0.225 e. The van der Waals surface area contributed by atoms with E-state index >= 15 is 0 Å². The quantitative estimate of drug-likeness (QED) is 0.849. The van der Waals surface area contributed by atoms with Crippen molar-refractivity contribution in [1.82, 2.24) is 9.88 Å².